The molecule has 1 aliphatic heterocycles. The lowest BCUT2D eigenvalue weighted by atomic mass is 10.1. The second-order valence-corrected chi connectivity index (χ2v) is 5.78. The van der Waals surface area contributed by atoms with E-state index in [0.29, 0.717) is 4.99 Å². The molecule has 0 spiro atoms. The van der Waals surface area contributed by atoms with Crippen LogP contribution >= 0.6 is 12.2 Å². The molecule has 1 rings (SSSR count). The van der Waals surface area contributed by atoms with E-state index in [1.165, 1.54) is 0 Å². The quantitative estimate of drug-likeness (QED) is 0.578. The Labute approximate surface area is 131 Å². The van der Waals surface area contributed by atoms with Crippen molar-refractivity contribution in [3.05, 3.63) is 0 Å². The molecule has 0 aliphatic carbocycles. The number of carbonyl (C=O) groups is 2. The van der Waals surface area contributed by atoms with Gasteiger partial charge in [0, 0.05) is 26.2 Å². The van der Waals surface area contributed by atoms with Crippen LogP contribution in [0.4, 0.5) is 4.79 Å². The van der Waals surface area contributed by atoms with Gasteiger partial charge in [0.1, 0.15) is 0 Å². The van der Waals surface area contributed by atoms with E-state index in [2.05, 4.69) is 17.1 Å². The van der Waals surface area contributed by atoms with Crippen LogP contribution in [0, 0.1) is 0 Å². The van der Waals surface area contributed by atoms with Crippen LogP contribution in [-0.4, -0.2) is 65.0 Å². The topological polar surface area (TPSA) is 105 Å². The molecule has 2 atom stereocenters. The van der Waals surface area contributed by atoms with E-state index in [-0.39, 0.29) is 18.0 Å². The fourth-order valence-corrected chi connectivity index (χ4v) is 2.87. The van der Waals surface area contributed by atoms with Crippen LogP contribution in [0.1, 0.15) is 26.7 Å². The predicted octanol–water partition coefficient (Wildman–Crippen LogP) is -0.358. The molecule has 0 aromatic rings. The lowest BCUT2D eigenvalue weighted by molar-refractivity contribution is -0.125. The highest BCUT2D eigenvalue weighted by molar-refractivity contribution is 7.80. The van der Waals surface area contributed by atoms with Gasteiger partial charge >= 0.3 is 6.03 Å². The number of hydrogen-bond donors (Lipinski definition) is 3. The van der Waals surface area contributed by atoms with Crippen LogP contribution in [-0.2, 0) is 4.79 Å². The first-order chi connectivity index (χ1) is 9.86. The molecule has 7 nitrogen and oxygen atoms in total. The Hall–Kier alpha value is -1.25. The van der Waals surface area contributed by atoms with E-state index in [0.717, 1.165) is 39.0 Å². The lowest BCUT2D eigenvalue weighted by Crippen LogP contribution is -2.58. The van der Waals surface area contributed by atoms with Crippen molar-refractivity contribution in [3.8, 4) is 0 Å². The summed E-state index contributed by atoms with van der Waals surface area (Å²) in [5.41, 5.74) is 10.8. The Bertz CT molecular complexity index is 396. The molecule has 0 bridgehead atoms. The van der Waals surface area contributed by atoms with Gasteiger partial charge in [0.25, 0.3) is 0 Å². The maximum absolute atomic E-state index is 11.8. The van der Waals surface area contributed by atoms with Gasteiger partial charge in [-0.25, -0.2) is 4.79 Å². The summed E-state index contributed by atoms with van der Waals surface area (Å²) in [4.78, 5) is 27.3. The van der Waals surface area contributed by atoms with Crippen LogP contribution in [0.25, 0.3) is 0 Å². The zero-order valence-corrected chi connectivity index (χ0v) is 13.5. The van der Waals surface area contributed by atoms with E-state index in [1.807, 2.05) is 4.90 Å². The first-order valence-electron chi connectivity index (χ1n) is 7.24. The highest BCUT2D eigenvalue weighted by atomic mass is 32.1. The third-order valence-corrected chi connectivity index (χ3v) is 4.13. The van der Waals surface area contributed by atoms with Crippen LogP contribution < -0.4 is 16.8 Å². The van der Waals surface area contributed by atoms with Crippen molar-refractivity contribution in [3.63, 3.8) is 0 Å². The van der Waals surface area contributed by atoms with Crippen molar-refractivity contribution >= 4 is 29.1 Å². The SMILES string of the molecule is CCCC(C(N)=S)N1CCN(C(C)C(=O)NC(N)=O)CC1. The van der Waals surface area contributed by atoms with E-state index >= 15 is 0 Å². The molecule has 21 heavy (non-hydrogen) atoms. The number of thiocarbonyl (C=S) groups is 1. The molecule has 1 saturated heterocycles. The number of urea groups is 1. The van der Waals surface area contributed by atoms with E-state index in [4.69, 9.17) is 23.7 Å². The monoisotopic (exact) mass is 315 g/mol. The summed E-state index contributed by atoms with van der Waals surface area (Å²) in [6.45, 7) is 6.95. The first-order valence-corrected chi connectivity index (χ1v) is 7.65. The molecule has 3 amide bonds. The van der Waals surface area contributed by atoms with Crippen LogP contribution in [0.3, 0.4) is 0 Å². The van der Waals surface area contributed by atoms with E-state index in [9.17, 15) is 9.59 Å². The Kier molecular flexibility index (Phi) is 7.00. The Morgan fingerprint density at radius 3 is 2.14 bits per heavy atom. The van der Waals surface area contributed by atoms with E-state index < -0.39 is 6.03 Å². The summed E-state index contributed by atoms with van der Waals surface area (Å²) in [6, 6.07) is -1.07. The molecule has 1 heterocycles. The number of rotatable bonds is 6. The summed E-state index contributed by atoms with van der Waals surface area (Å²) in [5.74, 6) is -0.365. The van der Waals surface area contributed by atoms with Gasteiger partial charge < -0.3 is 11.5 Å². The molecule has 120 valence electrons. The number of carbonyl (C=O) groups excluding carboxylic acids is 2. The van der Waals surface area contributed by atoms with Crippen molar-refractivity contribution in [2.24, 2.45) is 11.5 Å². The molecule has 0 aromatic heterocycles. The number of amides is 3. The van der Waals surface area contributed by atoms with Gasteiger partial charge in [0.2, 0.25) is 5.91 Å². The molecular formula is C13H25N5O2S. The summed E-state index contributed by atoms with van der Waals surface area (Å²) in [7, 11) is 0. The van der Waals surface area contributed by atoms with Crippen molar-refractivity contribution in [2.45, 2.75) is 38.8 Å². The lowest BCUT2D eigenvalue weighted by Gasteiger charge is -2.40. The van der Waals surface area contributed by atoms with Crippen LogP contribution in [0.15, 0.2) is 0 Å². The maximum Gasteiger partial charge on any atom is 0.318 e. The minimum atomic E-state index is -0.818. The normalized spacial score (nSPS) is 19.7. The summed E-state index contributed by atoms with van der Waals surface area (Å²) in [5, 5.41) is 2.12. The standard InChI is InChI=1S/C13H25N5O2S/c1-3-4-10(11(14)21)18-7-5-17(6-8-18)9(2)12(19)16-13(15)20/h9-10H,3-8H2,1-2H3,(H2,14,21)(H3,15,16,19,20). The molecule has 1 aliphatic rings. The van der Waals surface area contributed by atoms with Gasteiger partial charge in [0.15, 0.2) is 0 Å². The fraction of sp³-hybridized carbons (Fsp3) is 0.769. The zero-order valence-electron chi connectivity index (χ0n) is 12.7. The van der Waals surface area contributed by atoms with Gasteiger partial charge in [-0.3, -0.25) is 19.9 Å². The number of nitrogens with one attached hydrogen (secondary N) is 1. The van der Waals surface area contributed by atoms with Gasteiger partial charge in [-0.2, -0.15) is 0 Å². The van der Waals surface area contributed by atoms with Gasteiger partial charge in [-0.15, -0.1) is 0 Å². The summed E-state index contributed by atoms with van der Waals surface area (Å²) >= 11 is 5.14. The number of nitrogens with zero attached hydrogens (tertiary/aromatic N) is 2. The Balaban J connectivity index is 2.52. The summed E-state index contributed by atoms with van der Waals surface area (Å²) in [6.07, 6.45) is 1.98. The molecule has 0 saturated carbocycles. The Morgan fingerprint density at radius 1 is 1.19 bits per heavy atom. The average molecular weight is 315 g/mol. The molecular weight excluding hydrogens is 290 g/mol. The number of hydrogen-bond acceptors (Lipinski definition) is 5. The molecule has 5 N–H and O–H groups in total. The molecule has 8 heteroatoms. The van der Waals surface area contributed by atoms with Crippen molar-refractivity contribution in [2.75, 3.05) is 26.2 Å². The van der Waals surface area contributed by atoms with Crippen molar-refractivity contribution in [1.29, 1.82) is 0 Å². The molecule has 0 radical (unpaired) electrons. The number of nitrogens with two attached hydrogens (primary N) is 2. The fourth-order valence-electron chi connectivity index (χ4n) is 2.61. The largest absolute Gasteiger partial charge is 0.392 e. The number of primary amides is 1. The first kappa shape index (κ1) is 17.8. The Morgan fingerprint density at radius 2 is 1.71 bits per heavy atom. The predicted molar refractivity (Wildman–Crippen MR) is 85.8 cm³/mol. The number of imide groups is 1. The van der Waals surface area contributed by atoms with Gasteiger partial charge in [-0.1, -0.05) is 25.6 Å². The highest BCUT2D eigenvalue weighted by Crippen LogP contribution is 2.13. The maximum atomic E-state index is 11.8. The zero-order chi connectivity index (χ0) is 16.0. The number of piperazine rings is 1. The van der Waals surface area contributed by atoms with Crippen molar-refractivity contribution in [1.82, 2.24) is 15.1 Å². The van der Waals surface area contributed by atoms with E-state index in [1.54, 1.807) is 6.92 Å². The summed E-state index contributed by atoms with van der Waals surface area (Å²) < 4.78 is 0. The smallest absolute Gasteiger partial charge is 0.318 e. The molecule has 0 aromatic carbocycles. The minimum absolute atomic E-state index is 0.127. The second-order valence-electron chi connectivity index (χ2n) is 5.31. The third kappa shape index (κ3) is 5.22. The molecule has 1 fully saturated rings. The average Bonchev–Trinajstić information content (AvgIpc) is 2.43. The van der Waals surface area contributed by atoms with Crippen molar-refractivity contribution < 1.29 is 9.59 Å². The van der Waals surface area contributed by atoms with Gasteiger partial charge in [-0.05, 0) is 13.3 Å². The van der Waals surface area contributed by atoms with Crippen LogP contribution in [0.2, 0.25) is 0 Å². The van der Waals surface area contributed by atoms with Gasteiger partial charge in [0.05, 0.1) is 17.1 Å². The highest BCUT2D eigenvalue weighted by Gasteiger charge is 2.29. The second kappa shape index (κ2) is 8.26. The molecule has 2 unspecified atom stereocenters. The minimum Gasteiger partial charge on any atom is -0.392 e. The third-order valence-electron chi connectivity index (χ3n) is 3.85. The van der Waals surface area contributed by atoms with Crippen LogP contribution in [0.5, 0.6) is 0 Å².